The lowest BCUT2D eigenvalue weighted by molar-refractivity contribution is -0.171. The minimum absolute atomic E-state index is 0.00699. The Labute approximate surface area is 634 Å². The molecular weight excluding hydrogens is 1310 g/mol. The molecule has 0 amide bonds. The molecule has 2 bridgehead atoms. The molecule has 0 radical (unpaired) electrons. The van der Waals surface area contributed by atoms with Crippen LogP contribution in [0.5, 0.6) is 0 Å². The Morgan fingerprint density at radius 2 is 0.885 bits per heavy atom. The van der Waals surface area contributed by atoms with Gasteiger partial charge in [0, 0.05) is 12.3 Å². The topological polar surface area (TPSA) is 178 Å². The van der Waals surface area contributed by atoms with Crippen molar-refractivity contribution in [1.82, 2.24) is 0 Å². The molecule has 11 rings (SSSR count). The summed E-state index contributed by atoms with van der Waals surface area (Å²) in [7, 11) is 0. The van der Waals surface area contributed by atoms with E-state index in [9.17, 15) is 24.0 Å². The van der Waals surface area contributed by atoms with E-state index in [0.717, 1.165) is 173 Å². The molecule has 15 nitrogen and oxygen atoms in total. The van der Waals surface area contributed by atoms with E-state index in [2.05, 4.69) is 111 Å². The molecule has 19 atom stereocenters. The Morgan fingerprint density at radius 1 is 0.433 bits per heavy atom. The predicted octanol–water partition coefficient (Wildman–Crippen LogP) is 21.9. The highest BCUT2D eigenvalue weighted by molar-refractivity contribution is 5.75. The molecular formula is C89H156O15. The fraction of sp³-hybridized carbons (Fsp3) is 0.944. The number of rotatable bonds is 28. The third kappa shape index (κ3) is 24.3. The summed E-state index contributed by atoms with van der Waals surface area (Å²) in [5.41, 5.74) is -1.00. The van der Waals surface area contributed by atoms with Gasteiger partial charge in [-0.05, 0) is 288 Å². The van der Waals surface area contributed by atoms with Gasteiger partial charge in [0.25, 0.3) is 0 Å². The van der Waals surface area contributed by atoms with Crippen molar-refractivity contribution in [3.63, 3.8) is 0 Å². The van der Waals surface area contributed by atoms with Crippen molar-refractivity contribution in [2.45, 2.75) is 483 Å². The van der Waals surface area contributed by atoms with E-state index in [0.29, 0.717) is 66.8 Å². The standard InChI is InChI=1S/C19H32O3.C19H34O3.C18H32O3.C17H30O3.C16H28O3/c1-4-16-10-14(17(5-2)21-16)11-18(20)22-19(6-3)12-13-7-8-15(19)9-13;1-5-15-13-16(17(6-2)21-15)14(4)18(20)22-19(7-3)11-9-8-10-12-19;1-5-14-12-15(16(6-2)20-14)17(19)21-18(3,4)13-10-8-7-9-11-13;1-4-14-12-13(15(5-2)19-14)8-9-16(18)20-17(3)10-6-7-11-17;1-4-12-11-13(14(5-2)18-12)15(17)19-16(6-3)9-7-8-10-16/h13-17H,4-12H2,1-3H3;14-17H,5-13H2,1-4H3;13-16H,5-12H2,1-4H3;13-15H,4-12H2,1-3H3;12-14H,4-11H2,1-3H3. The molecule has 11 aliphatic rings. The zero-order chi connectivity index (χ0) is 75.8. The number of carbonyl (C=O) groups is 5. The van der Waals surface area contributed by atoms with Crippen LogP contribution in [-0.2, 0) is 71.3 Å². The Kier molecular flexibility index (Phi) is 36.1. The Hall–Kier alpha value is -2.85. The van der Waals surface area contributed by atoms with Crippen molar-refractivity contribution in [2.24, 2.45) is 53.3 Å². The van der Waals surface area contributed by atoms with E-state index in [-0.39, 0.29) is 112 Å². The smallest absolute Gasteiger partial charge is 0.312 e. The second-order valence-electron chi connectivity index (χ2n) is 35.3. The third-order valence-corrected chi connectivity index (χ3v) is 28.0. The van der Waals surface area contributed by atoms with Crippen molar-refractivity contribution in [2.75, 3.05) is 0 Å². The highest BCUT2D eigenvalue weighted by Gasteiger charge is 2.54. The van der Waals surface area contributed by atoms with Crippen LogP contribution in [0.25, 0.3) is 0 Å². The van der Waals surface area contributed by atoms with Gasteiger partial charge >= 0.3 is 29.8 Å². The molecule has 0 N–H and O–H groups in total. The molecule has 19 unspecified atom stereocenters. The summed E-state index contributed by atoms with van der Waals surface area (Å²) in [6.07, 6.45) is 48.0. The van der Waals surface area contributed by atoms with Crippen molar-refractivity contribution in [3.8, 4) is 0 Å². The van der Waals surface area contributed by atoms with E-state index in [1.165, 1.54) is 96.3 Å². The van der Waals surface area contributed by atoms with E-state index < -0.39 is 0 Å². The fourth-order valence-corrected chi connectivity index (χ4v) is 20.8. The maximum Gasteiger partial charge on any atom is 0.312 e. The molecule has 15 heteroatoms. The summed E-state index contributed by atoms with van der Waals surface area (Å²) >= 11 is 0. The summed E-state index contributed by atoms with van der Waals surface area (Å²) in [6, 6.07) is 0. The van der Waals surface area contributed by atoms with Crippen LogP contribution in [0.4, 0.5) is 0 Å². The van der Waals surface area contributed by atoms with Crippen LogP contribution in [0, 0.1) is 53.3 Å². The SMILES string of the molecule is CCC1CC(C(=O)OC(C)(C)C2CCCCC2)C(CC)O1.CCC1CC(C(=O)OC2(CC)CCCC2)C(CC)O1.CCC1CC(C(C)C(=O)OC2(CC)CCCCC2)C(CC)O1.CCC1CC(CC(=O)OC2(CC)CC3CCC2C3)C(CC)O1.CCC1CC(CCC(=O)OC2(C)CCCC2)C(CC)O1. The summed E-state index contributed by atoms with van der Waals surface area (Å²) < 4.78 is 59.8. The molecule has 5 heterocycles. The van der Waals surface area contributed by atoms with Crippen LogP contribution in [-0.4, -0.2) is 119 Å². The van der Waals surface area contributed by atoms with E-state index in [4.69, 9.17) is 47.4 Å². The lowest BCUT2D eigenvalue weighted by atomic mass is 9.78. The molecule has 6 aliphatic carbocycles. The second kappa shape index (κ2) is 42.5. The van der Waals surface area contributed by atoms with Gasteiger partial charge < -0.3 is 47.4 Å². The molecule has 6 saturated carbocycles. The van der Waals surface area contributed by atoms with Crippen molar-refractivity contribution >= 4 is 29.8 Å². The lowest BCUT2D eigenvalue weighted by Crippen LogP contribution is -2.40. The number of ether oxygens (including phenoxy) is 10. The Bertz CT molecular complexity index is 2530. The highest BCUT2D eigenvalue weighted by atomic mass is 16.6. The Morgan fingerprint density at radius 3 is 1.38 bits per heavy atom. The minimum atomic E-state index is -0.333. The first-order valence-corrected chi connectivity index (χ1v) is 44.2. The van der Waals surface area contributed by atoms with Gasteiger partial charge in [0.15, 0.2) is 0 Å². The van der Waals surface area contributed by atoms with Gasteiger partial charge in [-0.25, -0.2) is 0 Å². The van der Waals surface area contributed by atoms with Gasteiger partial charge in [-0.15, -0.1) is 0 Å². The molecule has 5 saturated heterocycles. The fourth-order valence-electron chi connectivity index (χ4n) is 20.8. The molecule has 104 heavy (non-hydrogen) atoms. The normalized spacial score (nSPS) is 34.8. The van der Waals surface area contributed by atoms with Crippen molar-refractivity contribution in [3.05, 3.63) is 0 Å². The summed E-state index contributed by atoms with van der Waals surface area (Å²) in [4.78, 5) is 62.5. The summed E-state index contributed by atoms with van der Waals surface area (Å²) in [6.45, 7) is 36.2. The molecule has 0 aromatic heterocycles. The van der Waals surface area contributed by atoms with Crippen LogP contribution in [0.1, 0.15) is 394 Å². The molecule has 11 fully saturated rings. The van der Waals surface area contributed by atoms with Gasteiger partial charge in [0.05, 0.1) is 85.2 Å². The number of hydrogen-bond donors (Lipinski definition) is 0. The van der Waals surface area contributed by atoms with Gasteiger partial charge in [0.2, 0.25) is 0 Å². The third-order valence-electron chi connectivity index (χ3n) is 28.0. The zero-order valence-electron chi connectivity index (χ0n) is 69.5. The maximum atomic E-state index is 12.7. The number of carbonyl (C=O) groups excluding carboxylic acids is 5. The van der Waals surface area contributed by atoms with E-state index in [1.807, 2.05) is 6.92 Å². The Balaban J connectivity index is 0.000000182. The average molecular weight is 1470 g/mol. The lowest BCUT2D eigenvalue weighted by Gasteiger charge is -2.37. The summed E-state index contributed by atoms with van der Waals surface area (Å²) in [5, 5.41) is 0. The van der Waals surface area contributed by atoms with Gasteiger partial charge in [-0.3, -0.25) is 24.0 Å². The van der Waals surface area contributed by atoms with Gasteiger partial charge in [0.1, 0.15) is 28.0 Å². The molecule has 0 aromatic carbocycles. The van der Waals surface area contributed by atoms with Crippen LogP contribution >= 0.6 is 0 Å². The monoisotopic (exact) mass is 1470 g/mol. The van der Waals surface area contributed by atoms with E-state index in [1.54, 1.807) is 0 Å². The summed E-state index contributed by atoms with van der Waals surface area (Å²) in [5.74, 6) is 2.98. The first-order chi connectivity index (χ1) is 49.8. The van der Waals surface area contributed by atoms with Gasteiger partial charge in [-0.2, -0.15) is 0 Å². The van der Waals surface area contributed by atoms with Crippen LogP contribution in [0.2, 0.25) is 0 Å². The largest absolute Gasteiger partial charge is 0.459 e. The molecule has 5 aliphatic heterocycles. The van der Waals surface area contributed by atoms with Crippen molar-refractivity contribution < 1.29 is 71.3 Å². The zero-order valence-corrected chi connectivity index (χ0v) is 69.5. The van der Waals surface area contributed by atoms with Crippen LogP contribution in [0.15, 0.2) is 0 Å². The number of esters is 5. The minimum Gasteiger partial charge on any atom is -0.459 e. The predicted molar refractivity (Wildman–Crippen MR) is 414 cm³/mol. The van der Waals surface area contributed by atoms with Crippen LogP contribution in [0.3, 0.4) is 0 Å². The molecule has 0 aromatic rings. The molecule has 0 spiro atoms. The first-order valence-electron chi connectivity index (χ1n) is 44.2. The van der Waals surface area contributed by atoms with Crippen molar-refractivity contribution in [1.29, 1.82) is 0 Å². The number of fused-ring (bicyclic) bond motifs is 2. The first kappa shape index (κ1) is 88.4. The second-order valence-corrected chi connectivity index (χ2v) is 35.3. The average Bonchev–Trinajstić information content (AvgIpc) is 1.61. The maximum absolute atomic E-state index is 12.7. The highest BCUT2D eigenvalue weighted by Crippen LogP contribution is 2.55. The number of hydrogen-bond acceptors (Lipinski definition) is 15. The molecule has 602 valence electrons. The van der Waals surface area contributed by atoms with Crippen LogP contribution < -0.4 is 0 Å². The van der Waals surface area contributed by atoms with E-state index >= 15 is 0 Å². The quantitative estimate of drug-likeness (QED) is 0.0533. The van der Waals surface area contributed by atoms with Gasteiger partial charge in [-0.1, -0.05) is 123 Å².